The lowest BCUT2D eigenvalue weighted by atomic mass is 9.66. The Bertz CT molecular complexity index is 710. The minimum absolute atomic E-state index is 0.242. The van der Waals surface area contributed by atoms with Crippen molar-refractivity contribution in [1.82, 2.24) is 4.90 Å². The predicted octanol–water partition coefficient (Wildman–Crippen LogP) is 5.06. The Morgan fingerprint density at radius 1 is 1.08 bits per heavy atom. The summed E-state index contributed by atoms with van der Waals surface area (Å²) < 4.78 is 0. The van der Waals surface area contributed by atoms with E-state index in [-0.39, 0.29) is 5.92 Å². The van der Waals surface area contributed by atoms with Crippen LogP contribution >= 0.6 is 11.6 Å². The van der Waals surface area contributed by atoms with Crippen LogP contribution in [-0.4, -0.2) is 30.6 Å². The van der Waals surface area contributed by atoms with Gasteiger partial charge in [-0.2, -0.15) is 0 Å². The van der Waals surface area contributed by atoms with Gasteiger partial charge >= 0.3 is 0 Å². The highest BCUT2D eigenvalue weighted by atomic mass is 35.5. The van der Waals surface area contributed by atoms with Gasteiger partial charge in [-0.3, -0.25) is 0 Å². The van der Waals surface area contributed by atoms with Crippen LogP contribution in [0, 0.1) is 18.8 Å². The molecule has 2 nitrogen and oxygen atoms in total. The van der Waals surface area contributed by atoms with Crippen LogP contribution in [0.3, 0.4) is 0 Å². The fourth-order valence-corrected chi connectivity index (χ4v) is 4.50. The zero-order valence-corrected chi connectivity index (χ0v) is 16.8. The molecule has 1 N–H and O–H groups in total. The lowest BCUT2D eigenvalue weighted by Gasteiger charge is -2.44. The van der Waals surface area contributed by atoms with Crippen molar-refractivity contribution in [2.24, 2.45) is 11.8 Å². The standard InChI is InChI=1S/C23H30ClNO/c1-17-4-8-20(9-5-17)23(26)13-12-19(15-21(23)16-25(2)3)14-18-6-10-22(24)11-7-18/h4-11,19,21,26H,12-16H2,1-3H3. The van der Waals surface area contributed by atoms with Crippen molar-refractivity contribution >= 4 is 11.6 Å². The van der Waals surface area contributed by atoms with Crippen LogP contribution in [0.25, 0.3) is 0 Å². The molecule has 0 radical (unpaired) electrons. The molecule has 3 atom stereocenters. The van der Waals surface area contributed by atoms with Gasteiger partial charge in [0.05, 0.1) is 5.60 Å². The largest absolute Gasteiger partial charge is 0.385 e. The third-order valence-electron chi connectivity index (χ3n) is 5.80. The Balaban J connectivity index is 1.78. The lowest BCUT2D eigenvalue weighted by Crippen LogP contribution is -2.45. The van der Waals surface area contributed by atoms with Gasteiger partial charge in [-0.25, -0.2) is 0 Å². The van der Waals surface area contributed by atoms with Crippen molar-refractivity contribution < 1.29 is 5.11 Å². The highest BCUT2D eigenvalue weighted by molar-refractivity contribution is 6.30. The van der Waals surface area contributed by atoms with Gasteiger partial charge in [-0.1, -0.05) is 53.6 Å². The summed E-state index contributed by atoms with van der Waals surface area (Å²) in [6.45, 7) is 3.00. The molecule has 0 amide bonds. The average Bonchev–Trinajstić information content (AvgIpc) is 2.60. The molecule has 1 saturated carbocycles. The summed E-state index contributed by atoms with van der Waals surface area (Å²) in [4.78, 5) is 2.20. The van der Waals surface area contributed by atoms with Gasteiger partial charge in [0.25, 0.3) is 0 Å². The Morgan fingerprint density at radius 3 is 2.35 bits per heavy atom. The summed E-state index contributed by atoms with van der Waals surface area (Å²) in [6, 6.07) is 16.6. The van der Waals surface area contributed by atoms with Gasteiger partial charge in [0.2, 0.25) is 0 Å². The molecule has 1 aliphatic carbocycles. The molecule has 2 aromatic carbocycles. The van der Waals surface area contributed by atoms with Crippen molar-refractivity contribution in [2.75, 3.05) is 20.6 Å². The molecule has 3 heteroatoms. The molecule has 140 valence electrons. The van der Waals surface area contributed by atoms with E-state index in [2.05, 4.69) is 62.3 Å². The van der Waals surface area contributed by atoms with Crippen LogP contribution in [0.1, 0.15) is 36.0 Å². The van der Waals surface area contributed by atoms with Crippen molar-refractivity contribution in [2.45, 2.75) is 38.2 Å². The summed E-state index contributed by atoms with van der Waals surface area (Å²) in [6.07, 6.45) is 3.99. The van der Waals surface area contributed by atoms with Gasteiger partial charge in [0, 0.05) is 17.5 Å². The van der Waals surface area contributed by atoms with E-state index in [1.165, 1.54) is 11.1 Å². The van der Waals surface area contributed by atoms with Crippen LogP contribution in [0.2, 0.25) is 5.02 Å². The molecule has 3 rings (SSSR count). The monoisotopic (exact) mass is 371 g/mol. The molecular formula is C23H30ClNO. The van der Waals surface area contributed by atoms with E-state index < -0.39 is 5.60 Å². The second kappa shape index (κ2) is 8.12. The number of benzene rings is 2. The van der Waals surface area contributed by atoms with Crippen LogP contribution in [-0.2, 0) is 12.0 Å². The number of halogens is 1. The third-order valence-corrected chi connectivity index (χ3v) is 6.05. The Hall–Kier alpha value is -1.35. The average molecular weight is 372 g/mol. The minimum Gasteiger partial charge on any atom is -0.385 e. The summed E-state index contributed by atoms with van der Waals surface area (Å²) in [5.41, 5.74) is 2.91. The van der Waals surface area contributed by atoms with Gasteiger partial charge < -0.3 is 10.0 Å². The van der Waals surface area contributed by atoms with E-state index in [0.717, 1.165) is 42.8 Å². The van der Waals surface area contributed by atoms with E-state index in [1.54, 1.807) is 0 Å². The second-order valence-electron chi connectivity index (χ2n) is 8.22. The molecule has 0 aliphatic heterocycles. The molecular weight excluding hydrogens is 342 g/mol. The van der Waals surface area contributed by atoms with E-state index in [0.29, 0.717) is 5.92 Å². The number of aliphatic hydroxyl groups is 1. The lowest BCUT2D eigenvalue weighted by molar-refractivity contribution is -0.0752. The predicted molar refractivity (Wildman–Crippen MR) is 110 cm³/mol. The fraction of sp³-hybridized carbons (Fsp3) is 0.478. The number of nitrogens with zero attached hydrogens (tertiary/aromatic N) is 1. The van der Waals surface area contributed by atoms with E-state index >= 15 is 0 Å². The number of rotatable bonds is 5. The van der Waals surface area contributed by atoms with Crippen molar-refractivity contribution in [3.8, 4) is 0 Å². The number of hydrogen-bond acceptors (Lipinski definition) is 2. The second-order valence-corrected chi connectivity index (χ2v) is 8.66. The van der Waals surface area contributed by atoms with E-state index in [4.69, 9.17) is 11.6 Å². The quantitative estimate of drug-likeness (QED) is 0.794. The van der Waals surface area contributed by atoms with Crippen LogP contribution in [0.4, 0.5) is 0 Å². The highest BCUT2D eigenvalue weighted by Gasteiger charge is 2.43. The molecule has 0 bridgehead atoms. The molecule has 0 spiro atoms. The highest BCUT2D eigenvalue weighted by Crippen LogP contribution is 2.45. The van der Waals surface area contributed by atoms with E-state index in [1.807, 2.05) is 12.1 Å². The van der Waals surface area contributed by atoms with Crippen LogP contribution < -0.4 is 0 Å². The summed E-state index contributed by atoms with van der Waals surface area (Å²) in [5, 5.41) is 12.4. The van der Waals surface area contributed by atoms with Gasteiger partial charge in [-0.05, 0) is 75.9 Å². The first-order chi connectivity index (χ1) is 12.4. The normalized spacial score (nSPS) is 26.2. The molecule has 3 unspecified atom stereocenters. The zero-order chi connectivity index (χ0) is 18.7. The van der Waals surface area contributed by atoms with Crippen molar-refractivity contribution in [1.29, 1.82) is 0 Å². The smallest absolute Gasteiger partial charge is 0.0936 e. The number of hydrogen-bond donors (Lipinski definition) is 1. The zero-order valence-electron chi connectivity index (χ0n) is 16.1. The molecule has 0 aromatic heterocycles. The topological polar surface area (TPSA) is 23.5 Å². The summed E-state index contributed by atoms with van der Waals surface area (Å²) in [5.74, 6) is 0.845. The van der Waals surface area contributed by atoms with Gasteiger partial charge in [0.1, 0.15) is 0 Å². The maximum Gasteiger partial charge on any atom is 0.0936 e. The Labute approximate surface area is 162 Å². The Kier molecular flexibility index (Phi) is 6.06. The van der Waals surface area contributed by atoms with Crippen LogP contribution in [0.5, 0.6) is 0 Å². The van der Waals surface area contributed by atoms with Gasteiger partial charge in [0.15, 0.2) is 0 Å². The van der Waals surface area contributed by atoms with Gasteiger partial charge in [-0.15, -0.1) is 0 Å². The fourth-order valence-electron chi connectivity index (χ4n) is 4.37. The molecule has 0 heterocycles. The van der Waals surface area contributed by atoms with Crippen LogP contribution in [0.15, 0.2) is 48.5 Å². The molecule has 2 aromatic rings. The molecule has 1 fully saturated rings. The van der Waals surface area contributed by atoms with E-state index in [9.17, 15) is 5.11 Å². The first-order valence-corrected chi connectivity index (χ1v) is 9.93. The third kappa shape index (κ3) is 4.49. The minimum atomic E-state index is -0.728. The van der Waals surface area contributed by atoms with Crippen molar-refractivity contribution in [3.63, 3.8) is 0 Å². The molecule has 1 aliphatic rings. The Morgan fingerprint density at radius 2 is 1.73 bits per heavy atom. The molecule has 26 heavy (non-hydrogen) atoms. The number of aryl methyl sites for hydroxylation is 1. The maximum absolute atomic E-state index is 11.6. The molecule has 0 saturated heterocycles. The SMILES string of the molecule is Cc1ccc(C2(O)CCC(Cc3ccc(Cl)cc3)CC2CN(C)C)cc1. The first kappa shape index (κ1) is 19.4. The van der Waals surface area contributed by atoms with Crippen molar-refractivity contribution in [3.05, 3.63) is 70.2 Å². The summed E-state index contributed by atoms with van der Waals surface area (Å²) >= 11 is 6.01. The maximum atomic E-state index is 11.6. The first-order valence-electron chi connectivity index (χ1n) is 9.55. The summed E-state index contributed by atoms with van der Waals surface area (Å²) in [7, 11) is 4.19.